The van der Waals surface area contributed by atoms with Crippen LogP contribution in [0.4, 0.5) is 4.39 Å². The molecular weight excluding hydrogens is 316 g/mol. The van der Waals surface area contributed by atoms with Gasteiger partial charge in [0.2, 0.25) is 0 Å². The average Bonchev–Trinajstić information content (AvgIpc) is 2.86. The van der Waals surface area contributed by atoms with E-state index in [0.29, 0.717) is 5.02 Å². The standard InChI is InChI=1S/C15H16Cl2FNS/c1-9(6-11-4-3-5-20-11)19-10(2)12-7-15(18)14(17)8-13(12)16/h3-5,7-10,19H,6H2,1-2H3. The summed E-state index contributed by atoms with van der Waals surface area (Å²) in [5, 5.41) is 6.04. The number of halogens is 3. The Balaban J connectivity index is 2.04. The van der Waals surface area contributed by atoms with E-state index in [1.54, 1.807) is 11.3 Å². The summed E-state index contributed by atoms with van der Waals surface area (Å²) in [6.07, 6.45) is 0.940. The topological polar surface area (TPSA) is 12.0 Å². The van der Waals surface area contributed by atoms with Crippen LogP contribution in [0.5, 0.6) is 0 Å². The van der Waals surface area contributed by atoms with Gasteiger partial charge in [-0.1, -0.05) is 29.3 Å². The van der Waals surface area contributed by atoms with Crippen molar-refractivity contribution in [2.45, 2.75) is 32.4 Å². The summed E-state index contributed by atoms with van der Waals surface area (Å²) in [7, 11) is 0. The first kappa shape index (κ1) is 15.8. The highest BCUT2D eigenvalue weighted by molar-refractivity contribution is 7.09. The lowest BCUT2D eigenvalue weighted by Crippen LogP contribution is -2.30. The fourth-order valence-corrected chi connectivity index (χ4v) is 3.56. The fourth-order valence-electron chi connectivity index (χ4n) is 2.18. The third kappa shape index (κ3) is 3.95. The van der Waals surface area contributed by atoms with Crippen LogP contribution in [0, 0.1) is 5.82 Å². The normalized spacial score (nSPS) is 14.2. The second-order valence-corrected chi connectivity index (χ2v) is 6.71. The smallest absolute Gasteiger partial charge is 0.142 e. The highest BCUT2D eigenvalue weighted by Crippen LogP contribution is 2.29. The molecule has 108 valence electrons. The van der Waals surface area contributed by atoms with Crippen molar-refractivity contribution in [3.63, 3.8) is 0 Å². The Labute approximate surface area is 132 Å². The molecule has 1 heterocycles. The van der Waals surface area contributed by atoms with E-state index in [4.69, 9.17) is 23.2 Å². The molecule has 0 saturated heterocycles. The molecule has 0 aliphatic carbocycles. The lowest BCUT2D eigenvalue weighted by Gasteiger charge is -2.21. The van der Waals surface area contributed by atoms with Crippen LogP contribution < -0.4 is 5.32 Å². The van der Waals surface area contributed by atoms with Crippen molar-refractivity contribution in [3.8, 4) is 0 Å². The maximum atomic E-state index is 13.5. The third-order valence-corrected chi connectivity index (χ3v) is 4.64. The van der Waals surface area contributed by atoms with Gasteiger partial charge in [0.1, 0.15) is 5.82 Å². The Morgan fingerprint density at radius 1 is 1.25 bits per heavy atom. The summed E-state index contributed by atoms with van der Waals surface area (Å²) in [6, 6.07) is 7.25. The zero-order valence-electron chi connectivity index (χ0n) is 11.3. The number of hydrogen-bond donors (Lipinski definition) is 1. The van der Waals surface area contributed by atoms with Crippen LogP contribution in [0.2, 0.25) is 10.0 Å². The van der Waals surface area contributed by atoms with Gasteiger partial charge in [0.05, 0.1) is 5.02 Å². The van der Waals surface area contributed by atoms with Crippen LogP contribution in [-0.4, -0.2) is 6.04 Å². The van der Waals surface area contributed by atoms with Crippen LogP contribution in [0.1, 0.15) is 30.3 Å². The lowest BCUT2D eigenvalue weighted by atomic mass is 10.1. The summed E-state index contributed by atoms with van der Waals surface area (Å²) in [6.45, 7) is 4.08. The maximum Gasteiger partial charge on any atom is 0.142 e. The van der Waals surface area contributed by atoms with Crippen molar-refractivity contribution in [2.24, 2.45) is 0 Å². The van der Waals surface area contributed by atoms with Gasteiger partial charge in [0, 0.05) is 22.0 Å². The van der Waals surface area contributed by atoms with Crippen LogP contribution in [0.25, 0.3) is 0 Å². The largest absolute Gasteiger partial charge is 0.307 e. The highest BCUT2D eigenvalue weighted by Gasteiger charge is 2.15. The summed E-state index contributed by atoms with van der Waals surface area (Å²) in [5.74, 6) is -0.439. The predicted molar refractivity (Wildman–Crippen MR) is 85.5 cm³/mol. The van der Waals surface area contributed by atoms with Gasteiger partial charge in [-0.3, -0.25) is 0 Å². The number of hydrogen-bond acceptors (Lipinski definition) is 2. The molecule has 20 heavy (non-hydrogen) atoms. The predicted octanol–water partition coefficient (Wildman–Crippen LogP) is 5.48. The number of nitrogens with one attached hydrogen (secondary N) is 1. The second-order valence-electron chi connectivity index (χ2n) is 4.86. The molecule has 1 aromatic heterocycles. The Morgan fingerprint density at radius 2 is 2.00 bits per heavy atom. The molecule has 0 radical (unpaired) electrons. The molecule has 2 rings (SSSR count). The van der Waals surface area contributed by atoms with E-state index < -0.39 is 5.82 Å². The van der Waals surface area contributed by atoms with E-state index in [0.717, 1.165) is 12.0 Å². The first-order valence-electron chi connectivity index (χ1n) is 6.40. The van der Waals surface area contributed by atoms with Gasteiger partial charge in [0.25, 0.3) is 0 Å². The van der Waals surface area contributed by atoms with Gasteiger partial charge in [-0.05, 0) is 49.4 Å². The zero-order valence-corrected chi connectivity index (χ0v) is 13.6. The Bertz CT molecular complexity index is 572. The van der Waals surface area contributed by atoms with Gasteiger partial charge >= 0.3 is 0 Å². The summed E-state index contributed by atoms with van der Waals surface area (Å²) < 4.78 is 13.5. The Hall–Kier alpha value is -0.610. The lowest BCUT2D eigenvalue weighted by molar-refractivity contribution is 0.477. The first-order valence-corrected chi connectivity index (χ1v) is 8.03. The summed E-state index contributed by atoms with van der Waals surface area (Å²) in [5.41, 5.74) is 0.728. The van der Waals surface area contributed by atoms with Crippen molar-refractivity contribution in [3.05, 3.63) is 55.9 Å². The van der Waals surface area contributed by atoms with Gasteiger partial charge < -0.3 is 5.32 Å². The monoisotopic (exact) mass is 331 g/mol. The summed E-state index contributed by atoms with van der Waals surface area (Å²) in [4.78, 5) is 1.32. The second kappa shape index (κ2) is 6.90. The minimum absolute atomic E-state index is 0.0378. The van der Waals surface area contributed by atoms with Gasteiger partial charge in [-0.15, -0.1) is 11.3 Å². The molecule has 1 aromatic carbocycles. The molecule has 0 amide bonds. The maximum absolute atomic E-state index is 13.5. The van der Waals surface area contributed by atoms with Crippen LogP contribution in [0.3, 0.4) is 0 Å². The molecule has 0 aliphatic heterocycles. The number of benzene rings is 1. The van der Waals surface area contributed by atoms with E-state index in [2.05, 4.69) is 23.7 Å². The third-order valence-electron chi connectivity index (χ3n) is 3.13. The molecule has 1 nitrogen and oxygen atoms in total. The van der Waals surface area contributed by atoms with Crippen molar-refractivity contribution in [2.75, 3.05) is 0 Å². The van der Waals surface area contributed by atoms with E-state index in [-0.39, 0.29) is 17.1 Å². The molecule has 0 aliphatic rings. The molecule has 0 saturated carbocycles. The summed E-state index contributed by atoms with van der Waals surface area (Å²) >= 11 is 13.6. The zero-order chi connectivity index (χ0) is 14.7. The molecule has 5 heteroatoms. The van der Waals surface area contributed by atoms with E-state index in [9.17, 15) is 4.39 Å². The SMILES string of the molecule is CC(Cc1cccs1)NC(C)c1cc(F)c(Cl)cc1Cl. The van der Waals surface area contributed by atoms with Crippen molar-refractivity contribution < 1.29 is 4.39 Å². The molecule has 1 N–H and O–H groups in total. The van der Waals surface area contributed by atoms with E-state index >= 15 is 0 Å². The van der Waals surface area contributed by atoms with E-state index in [1.165, 1.54) is 17.0 Å². The van der Waals surface area contributed by atoms with Crippen LogP contribution in [-0.2, 0) is 6.42 Å². The minimum atomic E-state index is -0.439. The molecular formula is C15H16Cl2FNS. The van der Waals surface area contributed by atoms with Crippen molar-refractivity contribution in [1.82, 2.24) is 5.32 Å². The molecule has 0 spiro atoms. The molecule has 0 bridgehead atoms. The van der Waals surface area contributed by atoms with Crippen molar-refractivity contribution in [1.29, 1.82) is 0 Å². The molecule has 2 atom stereocenters. The first-order chi connectivity index (χ1) is 9.47. The van der Waals surface area contributed by atoms with Crippen molar-refractivity contribution >= 4 is 34.5 Å². The minimum Gasteiger partial charge on any atom is -0.307 e. The van der Waals surface area contributed by atoms with Gasteiger partial charge in [-0.25, -0.2) is 4.39 Å². The average molecular weight is 332 g/mol. The molecule has 2 unspecified atom stereocenters. The van der Waals surface area contributed by atoms with Crippen LogP contribution in [0.15, 0.2) is 29.6 Å². The van der Waals surface area contributed by atoms with Crippen LogP contribution >= 0.6 is 34.5 Å². The fraction of sp³-hybridized carbons (Fsp3) is 0.333. The Kier molecular flexibility index (Phi) is 5.44. The molecule has 0 fully saturated rings. The molecule has 2 aromatic rings. The number of thiophene rings is 1. The number of rotatable bonds is 5. The quantitative estimate of drug-likeness (QED) is 0.715. The Morgan fingerprint density at radius 3 is 2.65 bits per heavy atom. The van der Waals surface area contributed by atoms with E-state index in [1.807, 2.05) is 13.0 Å². The van der Waals surface area contributed by atoms with Gasteiger partial charge in [0.15, 0.2) is 0 Å². The highest BCUT2D eigenvalue weighted by atomic mass is 35.5. The van der Waals surface area contributed by atoms with Gasteiger partial charge in [-0.2, -0.15) is 0 Å².